The molecule has 0 bridgehead atoms. The van der Waals surface area contributed by atoms with Gasteiger partial charge in [-0.1, -0.05) is 12.1 Å². The molecule has 6 heteroatoms. The van der Waals surface area contributed by atoms with Gasteiger partial charge in [0, 0.05) is 17.3 Å². The van der Waals surface area contributed by atoms with Crippen LogP contribution in [0.5, 0.6) is 0 Å². The van der Waals surface area contributed by atoms with E-state index < -0.39 is 5.82 Å². The summed E-state index contributed by atoms with van der Waals surface area (Å²) in [4.78, 5) is 17.2. The lowest BCUT2D eigenvalue weighted by Crippen LogP contribution is -2.16. The van der Waals surface area contributed by atoms with Gasteiger partial charge in [0.1, 0.15) is 5.82 Å². The number of nitrogens with one attached hydrogen (secondary N) is 1. The molecule has 1 aromatic carbocycles. The lowest BCUT2D eigenvalue weighted by Gasteiger charge is -2.05. The number of hydrogen-bond acceptors (Lipinski definition) is 3. The Morgan fingerprint density at radius 3 is 3.05 bits per heavy atom. The lowest BCUT2D eigenvalue weighted by atomic mass is 10.2. The van der Waals surface area contributed by atoms with Crippen molar-refractivity contribution < 1.29 is 9.18 Å². The summed E-state index contributed by atoms with van der Waals surface area (Å²) in [6, 6.07) is 6.12. The minimum absolute atomic E-state index is 0.185. The largest absolute Gasteiger partial charge is 0.323 e. The molecule has 0 aliphatic rings. The maximum Gasteiger partial charge on any atom is 0.230 e. The molecule has 2 heterocycles. The first-order valence-corrected chi connectivity index (χ1v) is 6.98. The number of nitrogens with zero attached hydrogens (tertiary/aromatic N) is 2. The van der Waals surface area contributed by atoms with E-state index in [4.69, 9.17) is 0 Å². The van der Waals surface area contributed by atoms with E-state index >= 15 is 0 Å². The molecule has 3 rings (SSSR count). The van der Waals surface area contributed by atoms with Crippen molar-refractivity contribution >= 4 is 27.9 Å². The SMILES string of the molecule is Cc1cn2c(CC(=O)Nc3ccccc3F)csc2n1. The standard InChI is InChI=1S/C14H12FN3OS/c1-9-7-18-10(8-20-14(18)16-9)6-13(19)17-12-5-3-2-4-11(12)15/h2-5,7-8H,6H2,1H3,(H,17,19). The molecule has 0 saturated carbocycles. The number of para-hydroxylation sites is 1. The van der Waals surface area contributed by atoms with Crippen molar-refractivity contribution in [1.82, 2.24) is 9.38 Å². The number of aromatic nitrogens is 2. The van der Waals surface area contributed by atoms with Crippen LogP contribution in [-0.4, -0.2) is 15.3 Å². The average Bonchev–Trinajstić information content (AvgIpc) is 2.93. The van der Waals surface area contributed by atoms with E-state index in [9.17, 15) is 9.18 Å². The minimum Gasteiger partial charge on any atom is -0.323 e. The van der Waals surface area contributed by atoms with Crippen LogP contribution in [0.15, 0.2) is 35.8 Å². The molecule has 0 spiro atoms. The Balaban J connectivity index is 1.77. The first-order valence-electron chi connectivity index (χ1n) is 6.10. The van der Waals surface area contributed by atoms with Crippen molar-refractivity contribution in [2.75, 3.05) is 5.32 Å². The fourth-order valence-corrected chi connectivity index (χ4v) is 2.91. The van der Waals surface area contributed by atoms with E-state index in [1.165, 1.54) is 23.5 Å². The zero-order valence-corrected chi connectivity index (χ0v) is 11.6. The summed E-state index contributed by atoms with van der Waals surface area (Å²) in [6.07, 6.45) is 2.07. The van der Waals surface area contributed by atoms with Crippen molar-refractivity contribution in [3.63, 3.8) is 0 Å². The molecular formula is C14H12FN3OS. The average molecular weight is 289 g/mol. The highest BCUT2D eigenvalue weighted by Crippen LogP contribution is 2.18. The van der Waals surface area contributed by atoms with Crippen LogP contribution in [0.25, 0.3) is 4.96 Å². The summed E-state index contributed by atoms with van der Waals surface area (Å²) < 4.78 is 15.3. The van der Waals surface area contributed by atoms with Gasteiger partial charge < -0.3 is 5.32 Å². The number of rotatable bonds is 3. The monoisotopic (exact) mass is 289 g/mol. The molecule has 1 N–H and O–H groups in total. The van der Waals surface area contributed by atoms with Gasteiger partial charge >= 0.3 is 0 Å². The number of halogens is 1. The summed E-state index contributed by atoms with van der Waals surface area (Å²) >= 11 is 1.48. The van der Waals surface area contributed by atoms with E-state index in [1.54, 1.807) is 12.1 Å². The Hall–Kier alpha value is -2.21. The Labute approximate surface area is 118 Å². The van der Waals surface area contributed by atoms with E-state index in [1.807, 2.05) is 22.9 Å². The van der Waals surface area contributed by atoms with Gasteiger partial charge in [0.25, 0.3) is 0 Å². The highest BCUT2D eigenvalue weighted by molar-refractivity contribution is 7.15. The second-order valence-electron chi connectivity index (χ2n) is 4.47. The predicted molar refractivity (Wildman–Crippen MR) is 76.5 cm³/mol. The molecule has 0 unspecified atom stereocenters. The second kappa shape index (κ2) is 5.05. The number of thiazole rings is 1. The summed E-state index contributed by atoms with van der Waals surface area (Å²) in [5.41, 5.74) is 1.96. The van der Waals surface area contributed by atoms with Crippen LogP contribution in [0.4, 0.5) is 10.1 Å². The van der Waals surface area contributed by atoms with Gasteiger partial charge in [-0.15, -0.1) is 11.3 Å². The normalized spacial score (nSPS) is 10.9. The van der Waals surface area contributed by atoms with Crippen LogP contribution < -0.4 is 5.32 Å². The molecule has 102 valence electrons. The van der Waals surface area contributed by atoms with Gasteiger partial charge in [0.2, 0.25) is 5.91 Å². The number of hydrogen-bond donors (Lipinski definition) is 1. The first kappa shape index (κ1) is 12.8. The highest BCUT2D eigenvalue weighted by Gasteiger charge is 2.12. The van der Waals surface area contributed by atoms with E-state index in [2.05, 4.69) is 10.3 Å². The van der Waals surface area contributed by atoms with Crippen LogP contribution in [0.3, 0.4) is 0 Å². The fraction of sp³-hybridized carbons (Fsp3) is 0.143. The molecule has 3 aromatic rings. The first-order chi connectivity index (χ1) is 9.63. The molecule has 4 nitrogen and oxygen atoms in total. The van der Waals surface area contributed by atoms with Gasteiger partial charge in [0.15, 0.2) is 4.96 Å². The third kappa shape index (κ3) is 2.42. The maximum absolute atomic E-state index is 13.5. The number of carbonyl (C=O) groups excluding carboxylic acids is 1. The Morgan fingerprint density at radius 2 is 2.25 bits per heavy atom. The third-order valence-corrected chi connectivity index (χ3v) is 3.78. The van der Waals surface area contributed by atoms with Crippen molar-refractivity contribution in [2.24, 2.45) is 0 Å². The van der Waals surface area contributed by atoms with Gasteiger partial charge in [-0.05, 0) is 19.1 Å². The van der Waals surface area contributed by atoms with Crippen molar-refractivity contribution in [3.8, 4) is 0 Å². The number of fused-ring (bicyclic) bond motifs is 1. The fourth-order valence-electron chi connectivity index (χ4n) is 1.99. The number of carbonyl (C=O) groups is 1. The number of aryl methyl sites for hydroxylation is 1. The minimum atomic E-state index is -0.435. The number of imidazole rings is 1. The molecule has 1 amide bonds. The molecule has 20 heavy (non-hydrogen) atoms. The zero-order chi connectivity index (χ0) is 14.1. The smallest absolute Gasteiger partial charge is 0.230 e. The van der Waals surface area contributed by atoms with Crippen LogP contribution in [-0.2, 0) is 11.2 Å². The molecular weight excluding hydrogens is 277 g/mol. The molecule has 0 atom stereocenters. The van der Waals surface area contributed by atoms with Gasteiger partial charge in [-0.2, -0.15) is 0 Å². The van der Waals surface area contributed by atoms with Gasteiger partial charge in [0.05, 0.1) is 17.8 Å². The van der Waals surface area contributed by atoms with Gasteiger partial charge in [-0.25, -0.2) is 9.37 Å². The molecule has 0 aliphatic carbocycles. The van der Waals surface area contributed by atoms with Crippen LogP contribution in [0, 0.1) is 12.7 Å². The van der Waals surface area contributed by atoms with E-state index in [-0.39, 0.29) is 18.0 Å². The number of amides is 1. The Bertz CT molecular complexity index is 778. The molecule has 0 aliphatic heterocycles. The summed E-state index contributed by atoms with van der Waals surface area (Å²) in [7, 11) is 0. The summed E-state index contributed by atoms with van der Waals surface area (Å²) in [6.45, 7) is 1.91. The van der Waals surface area contributed by atoms with Crippen molar-refractivity contribution in [3.05, 3.63) is 53.0 Å². The molecule has 2 aromatic heterocycles. The second-order valence-corrected chi connectivity index (χ2v) is 5.30. The van der Waals surface area contributed by atoms with E-state index in [0.717, 1.165) is 16.3 Å². The lowest BCUT2D eigenvalue weighted by molar-refractivity contribution is -0.115. The topological polar surface area (TPSA) is 46.4 Å². The predicted octanol–water partition coefficient (Wildman–Crippen LogP) is 3.02. The van der Waals surface area contributed by atoms with Crippen molar-refractivity contribution in [2.45, 2.75) is 13.3 Å². The van der Waals surface area contributed by atoms with Crippen LogP contribution in [0.2, 0.25) is 0 Å². The number of benzene rings is 1. The molecule has 0 radical (unpaired) electrons. The summed E-state index contributed by atoms with van der Waals surface area (Å²) in [5, 5.41) is 4.47. The molecule has 0 saturated heterocycles. The van der Waals surface area contributed by atoms with Crippen LogP contribution in [0.1, 0.15) is 11.4 Å². The zero-order valence-electron chi connectivity index (χ0n) is 10.8. The quantitative estimate of drug-likeness (QED) is 0.805. The maximum atomic E-state index is 13.5. The summed E-state index contributed by atoms with van der Waals surface area (Å²) in [5.74, 6) is -0.684. The Morgan fingerprint density at radius 1 is 1.45 bits per heavy atom. The van der Waals surface area contributed by atoms with E-state index in [0.29, 0.717) is 0 Å². The van der Waals surface area contributed by atoms with Crippen LogP contribution >= 0.6 is 11.3 Å². The Kier molecular flexibility index (Phi) is 3.23. The number of anilines is 1. The van der Waals surface area contributed by atoms with Gasteiger partial charge in [-0.3, -0.25) is 9.20 Å². The molecule has 0 fully saturated rings. The highest BCUT2D eigenvalue weighted by atomic mass is 32.1. The van der Waals surface area contributed by atoms with Crippen molar-refractivity contribution in [1.29, 1.82) is 0 Å². The third-order valence-electron chi connectivity index (χ3n) is 2.89.